The molecule has 1 atom stereocenters. The predicted molar refractivity (Wildman–Crippen MR) is 141 cm³/mol. The normalized spacial score (nSPS) is 12.2. The Bertz CT molecular complexity index is 1310. The number of amides is 1. The molecule has 0 spiro atoms. The summed E-state index contributed by atoms with van der Waals surface area (Å²) >= 11 is 5.97. The molecule has 6 nitrogen and oxygen atoms in total. The largest absolute Gasteiger partial charge is 0.492 e. The number of sulfonamides is 1. The van der Waals surface area contributed by atoms with Crippen LogP contribution in [0, 0.1) is 20.8 Å². The summed E-state index contributed by atoms with van der Waals surface area (Å²) in [5.41, 5.74) is 4.65. The van der Waals surface area contributed by atoms with Crippen LogP contribution in [0.25, 0.3) is 0 Å². The molecule has 0 heterocycles. The number of para-hydroxylation sites is 2. The van der Waals surface area contributed by atoms with Crippen molar-refractivity contribution in [3.05, 3.63) is 87.9 Å². The van der Waals surface area contributed by atoms with E-state index in [1.165, 1.54) is 29.8 Å². The lowest BCUT2D eigenvalue weighted by molar-refractivity contribution is -0.120. The molecule has 3 rings (SSSR count). The van der Waals surface area contributed by atoms with E-state index in [0.29, 0.717) is 17.4 Å². The minimum Gasteiger partial charge on any atom is -0.492 e. The molecule has 1 amide bonds. The number of carbonyl (C=O) groups is 1. The molecule has 1 unspecified atom stereocenters. The first-order valence-corrected chi connectivity index (χ1v) is 13.2. The Morgan fingerprint density at radius 1 is 1.00 bits per heavy atom. The molecule has 0 aliphatic heterocycles. The minimum atomic E-state index is -4.09. The number of nitrogens with zero attached hydrogens (tertiary/aromatic N) is 1. The average molecular weight is 515 g/mol. The van der Waals surface area contributed by atoms with Gasteiger partial charge in [-0.05, 0) is 93.3 Å². The van der Waals surface area contributed by atoms with Crippen molar-refractivity contribution in [1.82, 2.24) is 5.32 Å². The van der Waals surface area contributed by atoms with Gasteiger partial charge in [0.2, 0.25) is 5.91 Å². The fourth-order valence-electron chi connectivity index (χ4n) is 3.92. The monoisotopic (exact) mass is 514 g/mol. The van der Waals surface area contributed by atoms with Gasteiger partial charge in [0.25, 0.3) is 10.0 Å². The summed E-state index contributed by atoms with van der Waals surface area (Å²) in [6.45, 7) is 9.71. The Morgan fingerprint density at radius 2 is 1.63 bits per heavy atom. The second-order valence-electron chi connectivity index (χ2n) is 8.45. The van der Waals surface area contributed by atoms with Crippen molar-refractivity contribution in [3.8, 4) is 5.75 Å². The summed E-state index contributed by atoms with van der Waals surface area (Å²) in [4.78, 5) is 13.2. The quantitative estimate of drug-likeness (QED) is 0.395. The molecule has 3 aromatic carbocycles. The molecule has 35 heavy (non-hydrogen) atoms. The lowest BCUT2D eigenvalue weighted by atomic mass is 9.96. The van der Waals surface area contributed by atoms with Crippen LogP contribution in [0.5, 0.6) is 5.75 Å². The van der Waals surface area contributed by atoms with E-state index in [1.54, 1.807) is 24.3 Å². The third kappa shape index (κ3) is 6.16. The second-order valence-corrected chi connectivity index (χ2v) is 10.7. The van der Waals surface area contributed by atoms with Crippen molar-refractivity contribution in [2.45, 2.75) is 45.6 Å². The lowest BCUT2D eigenvalue weighted by Crippen LogP contribution is -2.41. The molecule has 0 bridgehead atoms. The van der Waals surface area contributed by atoms with E-state index in [-0.39, 0.29) is 16.6 Å². The first-order valence-electron chi connectivity index (χ1n) is 11.4. The van der Waals surface area contributed by atoms with E-state index in [1.807, 2.05) is 34.6 Å². The number of aryl methyl sites for hydroxylation is 3. The summed E-state index contributed by atoms with van der Waals surface area (Å²) in [7, 11) is -4.09. The molecular formula is C27H31ClN2O4S. The molecule has 186 valence electrons. The summed E-state index contributed by atoms with van der Waals surface area (Å²) in [5.74, 6) is -0.0580. The van der Waals surface area contributed by atoms with E-state index in [4.69, 9.17) is 16.3 Å². The highest BCUT2D eigenvalue weighted by molar-refractivity contribution is 7.92. The zero-order valence-electron chi connectivity index (χ0n) is 20.6. The number of halogens is 1. The van der Waals surface area contributed by atoms with Crippen LogP contribution in [-0.4, -0.2) is 27.5 Å². The van der Waals surface area contributed by atoms with Gasteiger partial charge in [0, 0.05) is 5.02 Å². The standard InChI is InChI=1S/C27H31ClN2O4S/c1-6-34-26-10-8-7-9-25(26)30(35(32,33)23-13-11-22(28)12-14-23)17-27(31)29-21(5)24-16-19(3)18(2)15-20(24)4/h7-16,21H,6,17H2,1-5H3,(H,29,31). The smallest absolute Gasteiger partial charge is 0.264 e. The third-order valence-corrected chi connectivity index (χ3v) is 7.87. The van der Waals surface area contributed by atoms with Crippen molar-refractivity contribution in [2.75, 3.05) is 17.5 Å². The van der Waals surface area contributed by atoms with Crippen molar-refractivity contribution in [3.63, 3.8) is 0 Å². The molecule has 0 aromatic heterocycles. The average Bonchev–Trinajstić information content (AvgIpc) is 2.80. The summed E-state index contributed by atoms with van der Waals surface area (Å²) in [5, 5.41) is 3.38. The number of hydrogen-bond donors (Lipinski definition) is 1. The molecule has 1 N–H and O–H groups in total. The number of nitrogens with one attached hydrogen (secondary N) is 1. The van der Waals surface area contributed by atoms with E-state index in [9.17, 15) is 13.2 Å². The SMILES string of the molecule is CCOc1ccccc1N(CC(=O)NC(C)c1cc(C)c(C)cc1C)S(=O)(=O)c1ccc(Cl)cc1. The number of ether oxygens (including phenoxy) is 1. The Kier molecular flexibility index (Phi) is 8.46. The topological polar surface area (TPSA) is 75.7 Å². The highest BCUT2D eigenvalue weighted by Crippen LogP contribution is 2.33. The minimum absolute atomic E-state index is 0.0269. The number of anilines is 1. The molecule has 0 radical (unpaired) electrons. The van der Waals surface area contributed by atoms with Gasteiger partial charge in [-0.3, -0.25) is 9.10 Å². The number of benzene rings is 3. The first-order chi connectivity index (χ1) is 16.5. The predicted octanol–water partition coefficient (Wildman–Crippen LogP) is 5.74. The van der Waals surface area contributed by atoms with Crippen LogP contribution < -0.4 is 14.4 Å². The number of hydrogen-bond acceptors (Lipinski definition) is 4. The van der Waals surface area contributed by atoms with Gasteiger partial charge >= 0.3 is 0 Å². The number of carbonyl (C=O) groups excluding carboxylic acids is 1. The molecule has 0 saturated heterocycles. The maximum Gasteiger partial charge on any atom is 0.264 e. The van der Waals surface area contributed by atoms with Crippen LogP contribution in [0.2, 0.25) is 5.02 Å². The van der Waals surface area contributed by atoms with Gasteiger partial charge in [-0.25, -0.2) is 8.42 Å². The van der Waals surface area contributed by atoms with Gasteiger partial charge in [0.15, 0.2) is 0 Å². The maximum absolute atomic E-state index is 13.7. The third-order valence-electron chi connectivity index (χ3n) is 5.85. The van der Waals surface area contributed by atoms with Crippen molar-refractivity contribution < 1.29 is 17.9 Å². The fourth-order valence-corrected chi connectivity index (χ4v) is 5.48. The summed E-state index contributed by atoms with van der Waals surface area (Å²) in [6.07, 6.45) is 0. The molecule has 0 aliphatic carbocycles. The van der Waals surface area contributed by atoms with Crippen LogP contribution in [0.4, 0.5) is 5.69 Å². The van der Waals surface area contributed by atoms with E-state index < -0.39 is 22.5 Å². The van der Waals surface area contributed by atoms with Crippen LogP contribution in [0.15, 0.2) is 65.6 Å². The summed E-state index contributed by atoms with van der Waals surface area (Å²) in [6, 6.07) is 16.5. The second kappa shape index (κ2) is 11.1. The molecule has 3 aromatic rings. The first kappa shape index (κ1) is 26.6. The Labute approximate surface area is 212 Å². The van der Waals surface area contributed by atoms with Gasteiger partial charge in [-0.15, -0.1) is 0 Å². The highest BCUT2D eigenvalue weighted by Gasteiger charge is 2.30. The van der Waals surface area contributed by atoms with Crippen molar-refractivity contribution in [2.24, 2.45) is 0 Å². The number of rotatable bonds is 9. The van der Waals surface area contributed by atoms with Gasteiger partial charge in [-0.2, -0.15) is 0 Å². The zero-order valence-corrected chi connectivity index (χ0v) is 22.2. The van der Waals surface area contributed by atoms with Crippen molar-refractivity contribution in [1.29, 1.82) is 0 Å². The van der Waals surface area contributed by atoms with Gasteiger partial charge in [0.1, 0.15) is 12.3 Å². The zero-order chi connectivity index (χ0) is 25.8. The lowest BCUT2D eigenvalue weighted by Gasteiger charge is -2.27. The Balaban J connectivity index is 1.96. The van der Waals surface area contributed by atoms with Crippen LogP contribution in [0.3, 0.4) is 0 Å². The van der Waals surface area contributed by atoms with Crippen molar-refractivity contribution >= 4 is 33.2 Å². The highest BCUT2D eigenvalue weighted by atomic mass is 35.5. The van der Waals surface area contributed by atoms with Gasteiger partial charge < -0.3 is 10.1 Å². The molecule has 0 fully saturated rings. The molecule has 0 saturated carbocycles. The Morgan fingerprint density at radius 3 is 2.29 bits per heavy atom. The Hall–Kier alpha value is -3.03. The van der Waals surface area contributed by atoms with Gasteiger partial charge in [0.05, 0.1) is 23.2 Å². The van der Waals surface area contributed by atoms with E-state index in [2.05, 4.69) is 17.4 Å². The van der Waals surface area contributed by atoms with Gasteiger partial charge in [-0.1, -0.05) is 35.9 Å². The maximum atomic E-state index is 13.7. The summed E-state index contributed by atoms with van der Waals surface area (Å²) < 4.78 is 34.1. The van der Waals surface area contributed by atoms with E-state index >= 15 is 0 Å². The van der Waals surface area contributed by atoms with Crippen LogP contribution in [-0.2, 0) is 14.8 Å². The van der Waals surface area contributed by atoms with Crippen LogP contribution >= 0.6 is 11.6 Å². The van der Waals surface area contributed by atoms with E-state index in [0.717, 1.165) is 21.0 Å². The molecular weight excluding hydrogens is 484 g/mol. The molecule has 0 aliphatic rings. The van der Waals surface area contributed by atoms with Crippen LogP contribution in [0.1, 0.15) is 42.1 Å². The fraction of sp³-hybridized carbons (Fsp3) is 0.296. The molecule has 8 heteroatoms.